The van der Waals surface area contributed by atoms with Crippen molar-refractivity contribution in [2.24, 2.45) is 0 Å². The first-order valence-corrected chi connectivity index (χ1v) is 6.00. The maximum atomic E-state index is 4.40. The van der Waals surface area contributed by atoms with Crippen LogP contribution >= 0.6 is 11.5 Å². The van der Waals surface area contributed by atoms with Gasteiger partial charge in [-0.05, 0) is 6.92 Å². The zero-order valence-corrected chi connectivity index (χ0v) is 10.4. The lowest BCUT2D eigenvalue weighted by Gasteiger charge is -2.00. The van der Waals surface area contributed by atoms with Gasteiger partial charge in [0.25, 0.3) is 0 Å². The molecule has 2 N–H and O–H groups in total. The number of anilines is 1. The quantitative estimate of drug-likeness (QED) is 0.856. The van der Waals surface area contributed by atoms with Gasteiger partial charge in [-0.15, -0.1) is 0 Å². The van der Waals surface area contributed by atoms with Crippen molar-refractivity contribution >= 4 is 16.7 Å². The third-order valence-corrected chi connectivity index (χ3v) is 3.01. The van der Waals surface area contributed by atoms with Crippen molar-refractivity contribution in [2.45, 2.75) is 33.2 Å². The predicted molar refractivity (Wildman–Crippen MR) is 64.6 cm³/mol. The SMILES string of the molecule is Cc1[nH]ncc1CNc1nc(C(C)C)ns1. The summed E-state index contributed by atoms with van der Waals surface area (Å²) in [5, 5.41) is 11.0. The normalized spacial score (nSPS) is 11.0. The number of nitrogens with one attached hydrogen (secondary N) is 2. The molecule has 0 bridgehead atoms. The van der Waals surface area contributed by atoms with Gasteiger partial charge < -0.3 is 5.32 Å². The Labute approximate surface area is 98.5 Å². The van der Waals surface area contributed by atoms with E-state index in [9.17, 15) is 0 Å². The number of rotatable bonds is 4. The molecule has 0 aromatic carbocycles. The van der Waals surface area contributed by atoms with E-state index in [0.29, 0.717) is 5.92 Å². The Kier molecular flexibility index (Phi) is 3.19. The summed E-state index contributed by atoms with van der Waals surface area (Å²) in [6.07, 6.45) is 1.83. The molecule has 0 aliphatic rings. The number of hydrogen-bond donors (Lipinski definition) is 2. The highest BCUT2D eigenvalue weighted by atomic mass is 32.1. The molecule has 0 aliphatic heterocycles. The molecule has 0 atom stereocenters. The topological polar surface area (TPSA) is 66.5 Å². The lowest BCUT2D eigenvalue weighted by molar-refractivity contribution is 0.799. The third kappa shape index (κ3) is 2.38. The molecule has 2 aromatic rings. The molecule has 0 amide bonds. The van der Waals surface area contributed by atoms with Gasteiger partial charge >= 0.3 is 0 Å². The van der Waals surface area contributed by atoms with Crippen molar-refractivity contribution < 1.29 is 0 Å². The Hall–Kier alpha value is -1.43. The molecule has 0 radical (unpaired) electrons. The highest BCUT2D eigenvalue weighted by Gasteiger charge is 2.07. The van der Waals surface area contributed by atoms with E-state index in [1.165, 1.54) is 11.5 Å². The Bertz CT molecular complexity index is 459. The van der Waals surface area contributed by atoms with E-state index in [4.69, 9.17) is 0 Å². The van der Waals surface area contributed by atoms with Crippen LogP contribution in [0.5, 0.6) is 0 Å². The fourth-order valence-electron chi connectivity index (χ4n) is 1.27. The average Bonchev–Trinajstić information content (AvgIpc) is 2.83. The predicted octanol–water partition coefficient (Wildman–Crippen LogP) is 2.31. The summed E-state index contributed by atoms with van der Waals surface area (Å²) < 4.78 is 4.28. The Morgan fingerprint density at radius 1 is 1.50 bits per heavy atom. The van der Waals surface area contributed by atoms with E-state index in [1.54, 1.807) is 0 Å². The number of nitrogens with zero attached hydrogens (tertiary/aromatic N) is 3. The molecule has 0 aliphatic carbocycles. The molecular formula is C10H15N5S. The van der Waals surface area contributed by atoms with Crippen LogP contribution in [0.25, 0.3) is 0 Å². The van der Waals surface area contributed by atoms with Crippen molar-refractivity contribution in [2.75, 3.05) is 5.32 Å². The second kappa shape index (κ2) is 4.61. The van der Waals surface area contributed by atoms with E-state index in [0.717, 1.165) is 28.8 Å². The summed E-state index contributed by atoms with van der Waals surface area (Å²) in [4.78, 5) is 4.40. The molecule has 2 aromatic heterocycles. The van der Waals surface area contributed by atoms with Gasteiger partial charge in [-0.2, -0.15) is 9.47 Å². The van der Waals surface area contributed by atoms with Crippen molar-refractivity contribution in [3.63, 3.8) is 0 Å². The van der Waals surface area contributed by atoms with Gasteiger partial charge in [-0.25, -0.2) is 4.98 Å². The maximum Gasteiger partial charge on any atom is 0.202 e. The largest absolute Gasteiger partial charge is 0.356 e. The minimum atomic E-state index is 0.377. The Morgan fingerprint density at radius 2 is 2.31 bits per heavy atom. The summed E-state index contributed by atoms with van der Waals surface area (Å²) in [7, 11) is 0. The maximum absolute atomic E-state index is 4.40. The number of aromatic nitrogens is 4. The van der Waals surface area contributed by atoms with Crippen LogP contribution in [0.1, 0.15) is 36.8 Å². The van der Waals surface area contributed by atoms with Crippen LogP contribution in [0.3, 0.4) is 0 Å². The van der Waals surface area contributed by atoms with Crippen LogP contribution in [0.2, 0.25) is 0 Å². The number of aryl methyl sites for hydroxylation is 1. The van der Waals surface area contributed by atoms with Crippen molar-refractivity contribution in [3.8, 4) is 0 Å². The van der Waals surface area contributed by atoms with Gasteiger partial charge in [-0.3, -0.25) is 5.10 Å². The molecule has 2 heterocycles. The van der Waals surface area contributed by atoms with Crippen LogP contribution in [-0.4, -0.2) is 19.6 Å². The first-order chi connectivity index (χ1) is 7.66. The molecule has 0 unspecified atom stereocenters. The van der Waals surface area contributed by atoms with Crippen molar-refractivity contribution in [1.29, 1.82) is 0 Å². The molecule has 0 spiro atoms. The van der Waals surface area contributed by atoms with Crippen molar-refractivity contribution in [1.82, 2.24) is 19.6 Å². The first-order valence-electron chi connectivity index (χ1n) is 5.23. The summed E-state index contributed by atoms with van der Waals surface area (Å²) >= 11 is 1.40. The first kappa shape index (κ1) is 11.1. The van der Waals surface area contributed by atoms with Crippen LogP contribution in [0.15, 0.2) is 6.20 Å². The molecule has 0 fully saturated rings. The highest BCUT2D eigenvalue weighted by molar-refractivity contribution is 7.09. The van der Waals surface area contributed by atoms with E-state index in [1.807, 2.05) is 13.1 Å². The van der Waals surface area contributed by atoms with Gasteiger partial charge in [0.05, 0.1) is 6.20 Å². The van der Waals surface area contributed by atoms with Crippen molar-refractivity contribution in [3.05, 3.63) is 23.3 Å². The van der Waals surface area contributed by atoms with E-state index < -0.39 is 0 Å². The molecular weight excluding hydrogens is 222 g/mol. The Morgan fingerprint density at radius 3 is 2.88 bits per heavy atom. The zero-order chi connectivity index (χ0) is 11.5. The van der Waals surface area contributed by atoms with Gasteiger partial charge in [-0.1, -0.05) is 13.8 Å². The highest BCUT2D eigenvalue weighted by Crippen LogP contribution is 2.18. The smallest absolute Gasteiger partial charge is 0.202 e. The van der Waals surface area contributed by atoms with E-state index in [-0.39, 0.29) is 0 Å². The van der Waals surface area contributed by atoms with Crippen LogP contribution < -0.4 is 5.32 Å². The van der Waals surface area contributed by atoms with Gasteiger partial charge in [0, 0.05) is 35.3 Å². The molecule has 0 saturated carbocycles. The molecule has 2 rings (SSSR count). The number of aromatic amines is 1. The summed E-state index contributed by atoms with van der Waals surface area (Å²) in [5.74, 6) is 1.28. The Balaban J connectivity index is 1.97. The lowest BCUT2D eigenvalue weighted by atomic mass is 10.2. The van der Waals surface area contributed by atoms with Crippen LogP contribution in [-0.2, 0) is 6.54 Å². The summed E-state index contributed by atoms with van der Waals surface area (Å²) in [5.41, 5.74) is 2.24. The minimum Gasteiger partial charge on any atom is -0.356 e. The molecule has 16 heavy (non-hydrogen) atoms. The fraction of sp³-hybridized carbons (Fsp3) is 0.500. The fourth-order valence-corrected chi connectivity index (χ4v) is 1.97. The van der Waals surface area contributed by atoms with Crippen LogP contribution in [0, 0.1) is 6.92 Å². The average molecular weight is 237 g/mol. The minimum absolute atomic E-state index is 0.377. The number of hydrogen-bond acceptors (Lipinski definition) is 5. The monoisotopic (exact) mass is 237 g/mol. The van der Waals surface area contributed by atoms with Crippen LogP contribution in [0.4, 0.5) is 5.13 Å². The summed E-state index contributed by atoms with van der Waals surface area (Å²) in [6, 6.07) is 0. The van der Waals surface area contributed by atoms with E-state index >= 15 is 0 Å². The number of H-pyrrole nitrogens is 1. The molecule has 0 saturated heterocycles. The lowest BCUT2D eigenvalue weighted by Crippen LogP contribution is -2.00. The summed E-state index contributed by atoms with van der Waals surface area (Å²) in [6.45, 7) is 6.91. The zero-order valence-electron chi connectivity index (χ0n) is 9.61. The second-order valence-electron chi connectivity index (χ2n) is 3.99. The standard InChI is InChI=1S/C10H15N5S/c1-6(2)9-13-10(16-15-9)11-4-8-5-12-14-7(8)3/h5-6H,4H2,1-3H3,(H,12,14)(H,11,13,15). The molecule has 86 valence electrons. The van der Waals surface area contributed by atoms with Gasteiger partial charge in [0.15, 0.2) is 0 Å². The second-order valence-corrected chi connectivity index (χ2v) is 4.74. The third-order valence-electron chi connectivity index (χ3n) is 2.32. The molecule has 5 nitrogen and oxygen atoms in total. The molecule has 6 heteroatoms. The van der Waals surface area contributed by atoms with Gasteiger partial charge in [0.1, 0.15) is 5.82 Å². The van der Waals surface area contributed by atoms with E-state index in [2.05, 4.69) is 38.7 Å². The van der Waals surface area contributed by atoms with Gasteiger partial charge in [0.2, 0.25) is 5.13 Å².